The third-order valence-corrected chi connectivity index (χ3v) is 6.77. The third-order valence-electron chi connectivity index (χ3n) is 6.77. The fraction of sp³-hybridized carbons (Fsp3) is 0.692. The molecule has 0 atom stereocenters. The van der Waals surface area contributed by atoms with Gasteiger partial charge in [-0.15, -0.1) is 12.4 Å². The first-order valence-electron chi connectivity index (χ1n) is 17.4. The van der Waals surface area contributed by atoms with Crippen LogP contribution in [0.5, 0.6) is 0 Å². The van der Waals surface area contributed by atoms with Crippen LogP contribution in [-0.2, 0) is 9.47 Å². The van der Waals surface area contributed by atoms with E-state index in [1.54, 1.807) is 0 Å². The Morgan fingerprint density at radius 1 is 0.405 bits per heavy atom. The summed E-state index contributed by atoms with van der Waals surface area (Å²) in [5.74, 6) is 0. The van der Waals surface area contributed by atoms with Gasteiger partial charge in [-0.3, -0.25) is 0 Å². The Kier molecular flexibility index (Phi) is 47.3. The summed E-state index contributed by atoms with van der Waals surface area (Å²) in [5.41, 5.74) is 1.32. The van der Waals surface area contributed by atoms with Crippen LogP contribution >= 0.6 is 12.4 Å². The van der Waals surface area contributed by atoms with E-state index >= 15 is 0 Å². The van der Waals surface area contributed by atoms with Crippen molar-refractivity contribution in [3.05, 3.63) is 72.3 Å². The fourth-order valence-corrected chi connectivity index (χ4v) is 4.16. The minimum Gasteiger partial charge on any atom is -0.377 e. The van der Waals surface area contributed by atoms with Crippen LogP contribution in [0.4, 0.5) is 0 Å². The van der Waals surface area contributed by atoms with Gasteiger partial charge in [0.25, 0.3) is 0 Å². The van der Waals surface area contributed by atoms with E-state index in [4.69, 9.17) is 9.47 Å². The quantitative estimate of drug-likeness (QED) is 0.315. The summed E-state index contributed by atoms with van der Waals surface area (Å²) in [4.78, 5) is 0. The third kappa shape index (κ3) is 45.6. The molecule has 2 saturated carbocycles. The maximum absolute atomic E-state index is 4.94. The van der Waals surface area contributed by atoms with Crippen molar-refractivity contribution in [2.75, 3.05) is 26.4 Å². The number of hydrogen-bond donors (Lipinski definition) is 0. The average Bonchev–Trinajstić information content (AvgIpc) is 3.66. The maximum Gasteiger partial charge on any atom is 0.0701 e. The van der Waals surface area contributed by atoms with E-state index in [1.807, 2.05) is 54.6 Å². The molecule has 0 bridgehead atoms. The SMILES string of the molecule is C1CCCC1.C1CCCCC1.C1COCCO1.CCCCC.CCCCCC.Cc1ccccc1.Cl.c1ccccc1. The number of aryl methyl sites for hydroxylation is 1. The minimum absolute atomic E-state index is 0. The van der Waals surface area contributed by atoms with Crippen molar-refractivity contribution < 1.29 is 9.47 Å². The van der Waals surface area contributed by atoms with Crippen LogP contribution < -0.4 is 0 Å². The van der Waals surface area contributed by atoms with Crippen molar-refractivity contribution in [1.82, 2.24) is 0 Å². The number of halogens is 1. The molecule has 1 aliphatic heterocycles. The Balaban J connectivity index is -0.000000422. The molecule has 2 aliphatic carbocycles. The van der Waals surface area contributed by atoms with Gasteiger partial charge in [0.05, 0.1) is 26.4 Å². The van der Waals surface area contributed by atoms with Gasteiger partial charge in [0.1, 0.15) is 0 Å². The summed E-state index contributed by atoms with van der Waals surface area (Å²) in [5, 5.41) is 0. The van der Waals surface area contributed by atoms with Crippen molar-refractivity contribution in [2.45, 2.75) is 150 Å². The van der Waals surface area contributed by atoms with E-state index in [0.29, 0.717) is 0 Å². The predicted octanol–water partition coefficient (Wildman–Crippen LogP) is 13.2. The van der Waals surface area contributed by atoms with E-state index in [1.165, 1.54) is 121 Å². The summed E-state index contributed by atoms with van der Waals surface area (Å²) in [7, 11) is 0. The van der Waals surface area contributed by atoms with Crippen molar-refractivity contribution >= 4 is 12.4 Å². The Morgan fingerprint density at radius 2 is 0.643 bits per heavy atom. The van der Waals surface area contributed by atoms with Crippen molar-refractivity contribution in [2.24, 2.45) is 0 Å². The van der Waals surface area contributed by atoms with Gasteiger partial charge >= 0.3 is 0 Å². The Hall–Kier alpha value is -1.35. The molecule has 2 aromatic carbocycles. The van der Waals surface area contributed by atoms with Crippen LogP contribution in [0, 0.1) is 6.92 Å². The standard InChI is InChI=1S/C7H8.C6H12.C6H6.C6H14.C5H10.C5H12.C4H8O2.ClH/c1-7-5-3-2-4-6-7;2*1-2-4-6-5-3-1;1-3-5-6-4-2;1-2-4-5-3-1;1-3-5-4-2;1-2-6-4-3-5-1;/h2-6H,1H3;1-6H2;1-6H;3-6H2,1-2H3;1-5H2;3-5H2,1-2H3;1-4H2;1H. The van der Waals surface area contributed by atoms with Crippen LogP contribution in [0.2, 0.25) is 0 Å². The number of benzene rings is 2. The van der Waals surface area contributed by atoms with Gasteiger partial charge in [-0.25, -0.2) is 0 Å². The zero-order chi connectivity index (χ0) is 30.3. The summed E-state index contributed by atoms with van der Waals surface area (Å²) >= 11 is 0. The molecule has 0 amide bonds. The molecule has 0 unspecified atom stereocenters. The zero-order valence-electron chi connectivity index (χ0n) is 28.6. The monoisotopic (exact) mass is 607 g/mol. The van der Waals surface area contributed by atoms with Gasteiger partial charge in [0, 0.05) is 0 Å². The molecule has 3 fully saturated rings. The molecule has 5 rings (SSSR count). The summed E-state index contributed by atoms with van der Waals surface area (Å²) in [6.07, 6.45) is 26.1. The predicted molar refractivity (Wildman–Crippen MR) is 192 cm³/mol. The lowest BCUT2D eigenvalue weighted by Gasteiger charge is -2.09. The number of ether oxygens (including phenoxy) is 2. The summed E-state index contributed by atoms with van der Waals surface area (Å²) in [6, 6.07) is 22.3. The number of rotatable bonds is 5. The first-order chi connectivity index (χ1) is 20.2. The number of unbranched alkanes of at least 4 members (excludes halogenated alkanes) is 5. The topological polar surface area (TPSA) is 18.5 Å². The highest BCUT2D eigenvalue weighted by Gasteiger charge is 1.96. The average molecular weight is 607 g/mol. The highest BCUT2D eigenvalue weighted by atomic mass is 35.5. The van der Waals surface area contributed by atoms with Gasteiger partial charge < -0.3 is 9.47 Å². The normalized spacial score (nSPS) is 14.6. The van der Waals surface area contributed by atoms with Gasteiger partial charge in [0.2, 0.25) is 0 Å². The molecule has 42 heavy (non-hydrogen) atoms. The Bertz CT molecular complexity index is 563. The second kappa shape index (κ2) is 44.1. The lowest BCUT2D eigenvalue weighted by Crippen LogP contribution is -2.16. The van der Waals surface area contributed by atoms with Crippen LogP contribution in [-0.4, -0.2) is 26.4 Å². The number of hydrogen-bond acceptors (Lipinski definition) is 2. The smallest absolute Gasteiger partial charge is 0.0701 e. The largest absolute Gasteiger partial charge is 0.377 e. The van der Waals surface area contributed by atoms with Crippen molar-refractivity contribution in [3.63, 3.8) is 0 Å². The molecule has 2 aromatic rings. The molecule has 2 nitrogen and oxygen atoms in total. The zero-order valence-corrected chi connectivity index (χ0v) is 29.4. The molecule has 3 aliphatic rings. The summed E-state index contributed by atoms with van der Waals surface area (Å²) in [6.45, 7) is 14.1. The van der Waals surface area contributed by atoms with E-state index in [2.05, 4.69) is 46.8 Å². The Morgan fingerprint density at radius 3 is 0.786 bits per heavy atom. The molecule has 0 spiro atoms. The van der Waals surface area contributed by atoms with Gasteiger partial charge in [0.15, 0.2) is 0 Å². The lowest BCUT2D eigenvalue weighted by atomic mass is 10.0. The fourth-order valence-electron chi connectivity index (χ4n) is 4.16. The molecule has 3 heteroatoms. The molecule has 0 radical (unpaired) electrons. The molecular formula is C39H71ClO2. The van der Waals surface area contributed by atoms with E-state index in [0.717, 1.165) is 26.4 Å². The van der Waals surface area contributed by atoms with Crippen LogP contribution in [0.25, 0.3) is 0 Å². The first kappa shape index (κ1) is 45.1. The second-order valence-electron chi connectivity index (χ2n) is 11.0. The Labute approximate surface area is 270 Å². The van der Waals surface area contributed by atoms with Gasteiger partial charge in [-0.05, 0) is 6.92 Å². The molecule has 1 saturated heterocycles. The van der Waals surface area contributed by atoms with Gasteiger partial charge in [-0.2, -0.15) is 0 Å². The molecule has 246 valence electrons. The van der Waals surface area contributed by atoms with Crippen LogP contribution in [0.3, 0.4) is 0 Å². The lowest BCUT2D eigenvalue weighted by molar-refractivity contribution is -0.0334. The molecule has 1 heterocycles. The van der Waals surface area contributed by atoms with Crippen LogP contribution in [0.15, 0.2) is 66.7 Å². The summed E-state index contributed by atoms with van der Waals surface area (Å²) < 4.78 is 9.89. The molecular weight excluding hydrogens is 536 g/mol. The maximum atomic E-state index is 4.94. The molecule has 0 N–H and O–H groups in total. The first-order valence-corrected chi connectivity index (χ1v) is 17.4. The van der Waals surface area contributed by atoms with E-state index < -0.39 is 0 Å². The van der Waals surface area contributed by atoms with Crippen molar-refractivity contribution in [1.29, 1.82) is 0 Å². The molecule has 0 aromatic heterocycles. The minimum atomic E-state index is 0. The van der Waals surface area contributed by atoms with E-state index in [9.17, 15) is 0 Å². The van der Waals surface area contributed by atoms with Crippen molar-refractivity contribution in [3.8, 4) is 0 Å². The van der Waals surface area contributed by atoms with Crippen LogP contribution in [0.1, 0.15) is 149 Å². The highest BCUT2D eigenvalue weighted by Crippen LogP contribution is 2.15. The van der Waals surface area contributed by atoms with E-state index in [-0.39, 0.29) is 12.4 Å². The second-order valence-corrected chi connectivity index (χ2v) is 11.0. The van der Waals surface area contributed by atoms with Gasteiger partial charge in [-0.1, -0.05) is 216 Å². The highest BCUT2D eigenvalue weighted by molar-refractivity contribution is 5.85.